The maximum atomic E-state index is 12.6. The van der Waals surface area contributed by atoms with Crippen LogP contribution in [0.3, 0.4) is 0 Å². The van der Waals surface area contributed by atoms with Crippen molar-refractivity contribution in [3.05, 3.63) is 65.2 Å². The Labute approximate surface area is 183 Å². The van der Waals surface area contributed by atoms with Crippen LogP contribution in [-0.4, -0.2) is 38.0 Å². The van der Waals surface area contributed by atoms with Crippen LogP contribution in [0.2, 0.25) is 0 Å². The zero-order chi connectivity index (χ0) is 22.7. The van der Waals surface area contributed by atoms with Crippen molar-refractivity contribution < 1.29 is 14.3 Å². The second-order valence-electron chi connectivity index (χ2n) is 6.93. The fraction of sp³-hybridized carbons (Fsp3) is 0.182. The number of nitrogen functional groups attached to an aromatic ring is 1. The summed E-state index contributed by atoms with van der Waals surface area (Å²) >= 11 is 0. The molecular formula is C22H21N7O3. The van der Waals surface area contributed by atoms with Crippen LogP contribution in [0, 0.1) is 13.8 Å². The number of aromatic nitrogens is 5. The first kappa shape index (κ1) is 20.9. The number of carbonyl (C=O) groups is 1. The van der Waals surface area contributed by atoms with Crippen LogP contribution < -0.4 is 15.8 Å². The number of aryl methyl sites for hydroxylation is 2. The molecule has 2 heterocycles. The van der Waals surface area contributed by atoms with E-state index in [1.54, 1.807) is 31.4 Å². The average molecular weight is 431 g/mol. The lowest BCUT2D eigenvalue weighted by Crippen LogP contribution is -2.11. The van der Waals surface area contributed by atoms with Crippen molar-refractivity contribution in [2.24, 2.45) is 0 Å². The molecule has 0 unspecified atom stereocenters. The maximum Gasteiger partial charge on any atom is 0.338 e. The fourth-order valence-corrected chi connectivity index (χ4v) is 3.00. The molecule has 0 bridgehead atoms. The molecule has 0 aliphatic heterocycles. The summed E-state index contributed by atoms with van der Waals surface area (Å²) in [6, 6.07) is 12.3. The Kier molecular flexibility index (Phi) is 5.75. The molecule has 0 atom stereocenters. The number of benzene rings is 2. The largest absolute Gasteiger partial charge is 0.495 e. The monoisotopic (exact) mass is 431 g/mol. The van der Waals surface area contributed by atoms with Gasteiger partial charge in [-0.2, -0.15) is 15.0 Å². The van der Waals surface area contributed by atoms with Crippen LogP contribution in [-0.2, 0) is 11.3 Å². The second kappa shape index (κ2) is 8.80. The van der Waals surface area contributed by atoms with Gasteiger partial charge in [-0.15, -0.1) is 0 Å². The van der Waals surface area contributed by atoms with Gasteiger partial charge >= 0.3 is 5.97 Å². The minimum atomic E-state index is -0.537. The highest BCUT2D eigenvalue weighted by Gasteiger charge is 2.13. The first-order chi connectivity index (χ1) is 15.4. The smallest absolute Gasteiger partial charge is 0.338 e. The normalized spacial score (nSPS) is 10.7. The van der Waals surface area contributed by atoms with E-state index in [-0.39, 0.29) is 24.3 Å². The number of fused-ring (bicyclic) bond motifs is 1. The summed E-state index contributed by atoms with van der Waals surface area (Å²) < 4.78 is 10.7. The Morgan fingerprint density at radius 2 is 1.72 bits per heavy atom. The Hall–Kier alpha value is -4.34. The summed E-state index contributed by atoms with van der Waals surface area (Å²) in [6.45, 7) is 3.58. The molecule has 0 saturated heterocycles. The number of rotatable bonds is 6. The van der Waals surface area contributed by atoms with E-state index in [0.29, 0.717) is 28.0 Å². The van der Waals surface area contributed by atoms with Crippen LogP contribution in [0.4, 0.5) is 17.6 Å². The standard InChI is InChI=1S/C22H21N7O3/c1-12-13(2)25-17-10-14(8-9-15(17)24-12)20(30)32-11-19-27-21(23)29-22(28-19)26-16-6-4-5-7-18(16)31-3/h4-10H,11H2,1-3H3,(H3,23,26,27,28,29). The molecule has 3 N–H and O–H groups in total. The van der Waals surface area contributed by atoms with Gasteiger partial charge < -0.3 is 20.5 Å². The summed E-state index contributed by atoms with van der Waals surface area (Å²) in [5.74, 6) is 0.486. The number of nitrogens with two attached hydrogens (primary N) is 1. The number of para-hydroxylation sites is 2. The number of nitrogens with zero attached hydrogens (tertiary/aromatic N) is 5. The van der Waals surface area contributed by atoms with Crippen LogP contribution in [0.25, 0.3) is 11.0 Å². The van der Waals surface area contributed by atoms with Crippen LogP contribution in [0.5, 0.6) is 5.75 Å². The topological polar surface area (TPSA) is 138 Å². The lowest BCUT2D eigenvalue weighted by atomic mass is 10.2. The third kappa shape index (κ3) is 4.53. The summed E-state index contributed by atoms with van der Waals surface area (Å²) in [5.41, 5.74) is 9.79. The number of carbonyl (C=O) groups excluding carboxylic acids is 1. The van der Waals surface area contributed by atoms with E-state index in [1.807, 2.05) is 32.0 Å². The van der Waals surface area contributed by atoms with Gasteiger partial charge in [0.2, 0.25) is 11.9 Å². The van der Waals surface area contributed by atoms with E-state index >= 15 is 0 Å². The van der Waals surface area contributed by atoms with Gasteiger partial charge in [0.05, 0.1) is 40.8 Å². The molecule has 0 aliphatic carbocycles. The maximum absolute atomic E-state index is 12.6. The fourth-order valence-electron chi connectivity index (χ4n) is 3.00. The summed E-state index contributed by atoms with van der Waals surface area (Å²) in [5, 5.41) is 3.03. The summed E-state index contributed by atoms with van der Waals surface area (Å²) in [4.78, 5) is 33.9. The van der Waals surface area contributed by atoms with Crippen LogP contribution in [0.1, 0.15) is 27.6 Å². The van der Waals surface area contributed by atoms with Crippen LogP contribution in [0.15, 0.2) is 42.5 Å². The molecule has 0 spiro atoms. The number of nitrogens with one attached hydrogen (secondary N) is 1. The van der Waals surface area contributed by atoms with Crippen molar-refractivity contribution in [3.63, 3.8) is 0 Å². The molecule has 4 aromatic rings. The molecule has 2 aromatic carbocycles. The first-order valence-electron chi connectivity index (χ1n) is 9.75. The lowest BCUT2D eigenvalue weighted by molar-refractivity contribution is 0.0462. The highest BCUT2D eigenvalue weighted by molar-refractivity contribution is 5.93. The number of esters is 1. The predicted molar refractivity (Wildman–Crippen MR) is 119 cm³/mol. The molecule has 32 heavy (non-hydrogen) atoms. The number of ether oxygens (including phenoxy) is 2. The average Bonchev–Trinajstić information content (AvgIpc) is 2.78. The second-order valence-corrected chi connectivity index (χ2v) is 6.93. The molecule has 162 valence electrons. The van der Waals surface area contributed by atoms with Crippen molar-refractivity contribution in [2.45, 2.75) is 20.5 Å². The van der Waals surface area contributed by atoms with E-state index in [2.05, 4.69) is 30.2 Å². The molecule has 4 rings (SSSR count). The number of hydrogen-bond donors (Lipinski definition) is 2. The molecule has 0 amide bonds. The van der Waals surface area contributed by atoms with E-state index in [4.69, 9.17) is 15.2 Å². The lowest BCUT2D eigenvalue weighted by Gasteiger charge is -2.11. The van der Waals surface area contributed by atoms with E-state index in [1.165, 1.54) is 0 Å². The van der Waals surface area contributed by atoms with Crippen molar-refractivity contribution in [1.82, 2.24) is 24.9 Å². The molecule has 0 aliphatic rings. The number of hydrogen-bond acceptors (Lipinski definition) is 10. The third-order valence-electron chi connectivity index (χ3n) is 4.70. The van der Waals surface area contributed by atoms with Gasteiger partial charge in [-0.3, -0.25) is 0 Å². The molecule has 10 heteroatoms. The third-order valence-corrected chi connectivity index (χ3v) is 4.70. The van der Waals surface area contributed by atoms with Gasteiger partial charge in [0, 0.05) is 0 Å². The number of methoxy groups -OCH3 is 1. The minimum absolute atomic E-state index is 0.00438. The predicted octanol–water partition coefficient (Wildman–Crippen LogP) is 3.12. The van der Waals surface area contributed by atoms with E-state index in [0.717, 1.165) is 11.4 Å². The Morgan fingerprint density at radius 3 is 2.50 bits per heavy atom. The van der Waals surface area contributed by atoms with Gasteiger partial charge in [0.1, 0.15) is 5.75 Å². The molecule has 0 fully saturated rings. The molecule has 10 nitrogen and oxygen atoms in total. The summed E-state index contributed by atoms with van der Waals surface area (Å²) in [7, 11) is 1.56. The SMILES string of the molecule is COc1ccccc1Nc1nc(N)nc(COC(=O)c2ccc3nc(C)c(C)nc3c2)n1. The Bertz CT molecular complexity index is 1310. The zero-order valence-corrected chi connectivity index (χ0v) is 17.8. The Morgan fingerprint density at radius 1 is 0.969 bits per heavy atom. The summed E-state index contributed by atoms with van der Waals surface area (Å²) in [6.07, 6.45) is 0. The van der Waals surface area contributed by atoms with Crippen LogP contribution >= 0.6 is 0 Å². The van der Waals surface area contributed by atoms with Crippen molar-refractivity contribution in [1.29, 1.82) is 0 Å². The van der Waals surface area contributed by atoms with E-state index < -0.39 is 5.97 Å². The molecule has 2 aromatic heterocycles. The van der Waals surface area contributed by atoms with E-state index in [9.17, 15) is 4.79 Å². The molecular weight excluding hydrogens is 410 g/mol. The molecule has 0 radical (unpaired) electrons. The van der Waals surface area contributed by atoms with Gasteiger partial charge in [0.15, 0.2) is 12.4 Å². The quantitative estimate of drug-likeness (QED) is 0.438. The zero-order valence-electron chi connectivity index (χ0n) is 17.8. The highest BCUT2D eigenvalue weighted by atomic mass is 16.5. The van der Waals surface area contributed by atoms with Gasteiger partial charge in [-0.1, -0.05) is 12.1 Å². The highest BCUT2D eigenvalue weighted by Crippen LogP contribution is 2.25. The molecule has 0 saturated carbocycles. The van der Waals surface area contributed by atoms with Crippen molar-refractivity contribution in [2.75, 3.05) is 18.2 Å². The Balaban J connectivity index is 1.49. The van der Waals surface area contributed by atoms with Crippen molar-refractivity contribution in [3.8, 4) is 5.75 Å². The van der Waals surface area contributed by atoms with Gasteiger partial charge in [-0.05, 0) is 44.2 Å². The minimum Gasteiger partial charge on any atom is -0.495 e. The van der Waals surface area contributed by atoms with Crippen molar-refractivity contribution >= 4 is 34.6 Å². The van der Waals surface area contributed by atoms with Gasteiger partial charge in [-0.25, -0.2) is 14.8 Å². The number of anilines is 3. The van der Waals surface area contributed by atoms with Gasteiger partial charge in [0.25, 0.3) is 0 Å². The first-order valence-corrected chi connectivity index (χ1v) is 9.75.